The van der Waals surface area contributed by atoms with E-state index in [1.54, 1.807) is 24.3 Å². The fourth-order valence-electron chi connectivity index (χ4n) is 2.68. The number of carbonyl (C=O) groups is 2. The molecule has 0 aliphatic heterocycles. The van der Waals surface area contributed by atoms with Gasteiger partial charge in [0, 0.05) is 17.8 Å². The lowest BCUT2D eigenvalue weighted by atomic mass is 10.1. The van der Waals surface area contributed by atoms with E-state index in [0.29, 0.717) is 28.7 Å². The van der Waals surface area contributed by atoms with Crippen molar-refractivity contribution in [3.63, 3.8) is 0 Å². The summed E-state index contributed by atoms with van der Waals surface area (Å²) in [6, 6.07) is 14.5. The molecule has 0 aliphatic carbocycles. The molecule has 2 amide bonds. The van der Waals surface area contributed by atoms with E-state index in [0.717, 1.165) is 17.7 Å². The second-order valence-electron chi connectivity index (χ2n) is 7.58. The number of amides is 2. The lowest BCUT2D eigenvalue weighted by molar-refractivity contribution is 0.0950. The summed E-state index contributed by atoms with van der Waals surface area (Å²) < 4.78 is 5.68. The van der Waals surface area contributed by atoms with Gasteiger partial charge in [-0.3, -0.25) is 9.59 Å². The monoisotopic (exact) mass is 438 g/mol. The van der Waals surface area contributed by atoms with Crippen LogP contribution in [0.1, 0.15) is 51.0 Å². The van der Waals surface area contributed by atoms with Crippen LogP contribution in [0.2, 0.25) is 0 Å². The molecule has 3 aromatic rings. The van der Waals surface area contributed by atoms with Crippen LogP contribution in [0.5, 0.6) is 5.75 Å². The molecule has 0 aliphatic rings. The minimum atomic E-state index is -0.378. The van der Waals surface area contributed by atoms with Crippen LogP contribution in [-0.2, 0) is 6.61 Å². The Morgan fingerprint density at radius 3 is 2.58 bits per heavy atom. The summed E-state index contributed by atoms with van der Waals surface area (Å²) in [4.78, 5) is 24.8. The molecule has 0 saturated carbocycles. The summed E-state index contributed by atoms with van der Waals surface area (Å²) in [5, 5.41) is 14.5. The first kappa shape index (κ1) is 22.4. The number of anilines is 1. The topological polar surface area (TPSA) is 93.2 Å². The minimum Gasteiger partial charge on any atom is -0.486 e. The summed E-state index contributed by atoms with van der Waals surface area (Å²) in [6.07, 6.45) is 0.912. The lowest BCUT2D eigenvalue weighted by Gasteiger charge is -2.09. The average Bonchev–Trinajstić information content (AvgIpc) is 3.22. The summed E-state index contributed by atoms with van der Waals surface area (Å²) in [5.41, 5.74) is 2.17. The van der Waals surface area contributed by atoms with Crippen molar-refractivity contribution in [2.75, 3.05) is 11.9 Å². The van der Waals surface area contributed by atoms with Gasteiger partial charge in [-0.25, -0.2) is 0 Å². The van der Waals surface area contributed by atoms with Crippen molar-refractivity contribution in [1.82, 2.24) is 15.5 Å². The summed E-state index contributed by atoms with van der Waals surface area (Å²) >= 11 is 1.17. The second-order valence-corrected chi connectivity index (χ2v) is 8.64. The number of hydrogen-bond donors (Lipinski definition) is 2. The predicted octanol–water partition coefficient (Wildman–Crippen LogP) is 4.45. The van der Waals surface area contributed by atoms with Gasteiger partial charge in [-0.15, -0.1) is 10.2 Å². The van der Waals surface area contributed by atoms with Crippen molar-refractivity contribution in [2.45, 2.75) is 33.8 Å². The molecule has 0 atom stereocenters. The van der Waals surface area contributed by atoms with Crippen LogP contribution in [0.3, 0.4) is 0 Å². The molecule has 1 heterocycles. The predicted molar refractivity (Wildman–Crippen MR) is 122 cm³/mol. The van der Waals surface area contributed by atoms with Crippen LogP contribution in [0, 0.1) is 12.8 Å². The Labute approximate surface area is 185 Å². The first-order valence-corrected chi connectivity index (χ1v) is 10.9. The number of hydrogen-bond acceptors (Lipinski definition) is 6. The number of nitrogens with zero attached hydrogens (tertiary/aromatic N) is 2. The fourth-order valence-corrected chi connectivity index (χ4v) is 3.33. The number of nitrogens with one attached hydrogen (secondary N) is 2. The number of benzene rings is 2. The first-order chi connectivity index (χ1) is 14.9. The number of rotatable bonds is 9. The maximum atomic E-state index is 12.5. The van der Waals surface area contributed by atoms with Gasteiger partial charge in [0.1, 0.15) is 12.4 Å². The molecule has 0 spiro atoms. The lowest BCUT2D eigenvalue weighted by Crippen LogP contribution is -2.25. The minimum absolute atomic E-state index is 0.164. The highest BCUT2D eigenvalue weighted by Crippen LogP contribution is 2.18. The van der Waals surface area contributed by atoms with Crippen molar-refractivity contribution < 1.29 is 14.3 Å². The zero-order valence-electron chi connectivity index (χ0n) is 17.8. The molecule has 3 rings (SSSR count). The first-order valence-electron chi connectivity index (χ1n) is 10.1. The van der Waals surface area contributed by atoms with Gasteiger partial charge in [0.05, 0.1) is 0 Å². The number of aryl methyl sites for hydroxylation is 1. The summed E-state index contributed by atoms with van der Waals surface area (Å²) in [7, 11) is 0. The Kier molecular flexibility index (Phi) is 7.72. The molecule has 7 nitrogen and oxygen atoms in total. The zero-order valence-corrected chi connectivity index (χ0v) is 18.7. The van der Waals surface area contributed by atoms with E-state index >= 15 is 0 Å². The Morgan fingerprint density at radius 2 is 1.84 bits per heavy atom. The van der Waals surface area contributed by atoms with Gasteiger partial charge in [-0.1, -0.05) is 48.9 Å². The molecule has 0 fully saturated rings. The van der Waals surface area contributed by atoms with E-state index in [-0.39, 0.29) is 23.4 Å². The fraction of sp³-hybridized carbons (Fsp3) is 0.304. The van der Waals surface area contributed by atoms with Crippen molar-refractivity contribution in [3.05, 3.63) is 69.7 Å². The maximum absolute atomic E-state index is 12.5. The Morgan fingerprint density at radius 1 is 1.06 bits per heavy atom. The molecular formula is C23H26N4O3S. The highest BCUT2D eigenvalue weighted by molar-refractivity contribution is 7.13. The van der Waals surface area contributed by atoms with E-state index in [1.165, 1.54) is 11.3 Å². The van der Waals surface area contributed by atoms with Gasteiger partial charge in [0.15, 0.2) is 5.01 Å². The van der Waals surface area contributed by atoms with Crippen LogP contribution < -0.4 is 15.4 Å². The smallest absolute Gasteiger partial charge is 0.286 e. The van der Waals surface area contributed by atoms with Gasteiger partial charge in [0.25, 0.3) is 11.8 Å². The van der Waals surface area contributed by atoms with E-state index in [9.17, 15) is 9.59 Å². The molecule has 0 bridgehead atoms. The van der Waals surface area contributed by atoms with Crippen molar-refractivity contribution >= 4 is 28.8 Å². The Balaban J connectivity index is 1.55. The van der Waals surface area contributed by atoms with Crippen LogP contribution in [0.25, 0.3) is 0 Å². The molecule has 162 valence electrons. The number of aromatic nitrogens is 2. The summed E-state index contributed by atoms with van der Waals surface area (Å²) in [6.45, 7) is 7.07. The average molecular weight is 439 g/mol. The van der Waals surface area contributed by atoms with Crippen LogP contribution in [0.4, 0.5) is 5.69 Å². The van der Waals surface area contributed by atoms with E-state index in [2.05, 4.69) is 34.7 Å². The maximum Gasteiger partial charge on any atom is 0.286 e. The molecule has 8 heteroatoms. The van der Waals surface area contributed by atoms with Gasteiger partial charge >= 0.3 is 0 Å². The van der Waals surface area contributed by atoms with Crippen LogP contribution in [0.15, 0.2) is 48.5 Å². The van der Waals surface area contributed by atoms with E-state index in [4.69, 9.17) is 4.74 Å². The SMILES string of the molecule is Cc1ccc(OCc2nnc(C(=O)Nc3cccc(C(=O)NCCC(C)C)c3)s2)cc1. The largest absolute Gasteiger partial charge is 0.486 e. The van der Waals surface area contributed by atoms with Crippen LogP contribution >= 0.6 is 11.3 Å². The van der Waals surface area contributed by atoms with Crippen molar-refractivity contribution in [3.8, 4) is 5.75 Å². The van der Waals surface area contributed by atoms with E-state index in [1.807, 2.05) is 31.2 Å². The molecule has 2 aromatic carbocycles. The Hall–Kier alpha value is -3.26. The molecule has 0 radical (unpaired) electrons. The van der Waals surface area contributed by atoms with E-state index < -0.39 is 0 Å². The zero-order chi connectivity index (χ0) is 22.2. The third kappa shape index (κ3) is 6.89. The quantitative estimate of drug-likeness (QED) is 0.515. The highest BCUT2D eigenvalue weighted by atomic mass is 32.1. The standard InChI is InChI=1S/C23H26N4O3S/c1-15(2)11-12-24-21(28)17-5-4-6-18(13-17)25-22(29)23-27-26-20(31-23)14-30-19-9-7-16(3)8-10-19/h4-10,13,15H,11-12,14H2,1-3H3,(H,24,28)(H,25,29). The van der Waals surface area contributed by atoms with Crippen molar-refractivity contribution in [2.24, 2.45) is 5.92 Å². The molecule has 2 N–H and O–H groups in total. The number of ether oxygens (including phenoxy) is 1. The Bertz CT molecular complexity index is 1030. The molecular weight excluding hydrogens is 412 g/mol. The molecule has 31 heavy (non-hydrogen) atoms. The third-order valence-corrected chi connectivity index (χ3v) is 5.33. The number of carbonyl (C=O) groups excluding carboxylic acids is 2. The van der Waals surface area contributed by atoms with Crippen LogP contribution in [-0.4, -0.2) is 28.6 Å². The second kappa shape index (κ2) is 10.7. The normalized spacial score (nSPS) is 10.7. The molecule has 0 unspecified atom stereocenters. The highest BCUT2D eigenvalue weighted by Gasteiger charge is 2.14. The third-order valence-electron chi connectivity index (χ3n) is 4.43. The summed E-state index contributed by atoms with van der Waals surface area (Å²) in [5.74, 6) is 0.708. The van der Waals surface area contributed by atoms with Gasteiger partial charge in [-0.2, -0.15) is 0 Å². The molecule has 0 saturated heterocycles. The van der Waals surface area contributed by atoms with Crippen molar-refractivity contribution in [1.29, 1.82) is 0 Å². The van der Waals surface area contributed by atoms with Gasteiger partial charge in [-0.05, 0) is 49.6 Å². The van der Waals surface area contributed by atoms with Gasteiger partial charge < -0.3 is 15.4 Å². The van der Waals surface area contributed by atoms with Gasteiger partial charge in [0.2, 0.25) is 5.01 Å². The molecule has 1 aromatic heterocycles.